The molecule has 1 N–H and O–H groups in total. The number of nitrogens with zero attached hydrogens (tertiary/aromatic N) is 2. The largest absolute Gasteiger partial charge is 0.377 e. The zero-order valence-corrected chi connectivity index (χ0v) is 13.3. The molecule has 0 radical (unpaired) electrons. The highest BCUT2D eigenvalue weighted by molar-refractivity contribution is 5.61. The fraction of sp³-hybridized carbons (Fsp3) is 0.333. The lowest BCUT2D eigenvalue weighted by molar-refractivity contribution is -0.384. The Kier molecular flexibility index (Phi) is 5.05. The van der Waals surface area contributed by atoms with Gasteiger partial charge < -0.3 is 5.32 Å². The molecule has 0 spiro atoms. The number of nitro benzene ring substituents is 1. The van der Waals surface area contributed by atoms with Crippen molar-refractivity contribution in [3.8, 4) is 0 Å². The van der Waals surface area contributed by atoms with Gasteiger partial charge in [0.05, 0.1) is 4.92 Å². The van der Waals surface area contributed by atoms with Gasteiger partial charge in [-0.15, -0.1) is 0 Å². The number of rotatable bonds is 5. The molecule has 1 saturated heterocycles. The van der Waals surface area contributed by atoms with Crippen molar-refractivity contribution in [3.05, 3.63) is 70.0 Å². The average Bonchev–Trinajstić information content (AvgIpc) is 2.57. The van der Waals surface area contributed by atoms with Crippen molar-refractivity contribution in [3.63, 3.8) is 0 Å². The van der Waals surface area contributed by atoms with E-state index in [2.05, 4.69) is 22.3 Å². The summed E-state index contributed by atoms with van der Waals surface area (Å²) >= 11 is 0. The van der Waals surface area contributed by atoms with E-state index in [4.69, 9.17) is 0 Å². The lowest BCUT2D eigenvalue weighted by Gasteiger charge is -2.32. The smallest absolute Gasteiger partial charge is 0.292 e. The molecule has 2 aromatic rings. The van der Waals surface area contributed by atoms with Crippen molar-refractivity contribution in [2.75, 3.05) is 18.4 Å². The molecule has 126 valence electrons. The number of hydrogen-bond acceptors (Lipinski definition) is 4. The molecule has 0 aromatic heterocycles. The lowest BCUT2D eigenvalue weighted by Crippen LogP contribution is -2.38. The maximum atomic E-state index is 13.4. The van der Waals surface area contributed by atoms with Crippen LogP contribution in [0, 0.1) is 15.9 Å². The van der Waals surface area contributed by atoms with E-state index >= 15 is 0 Å². The van der Waals surface area contributed by atoms with Crippen LogP contribution in [0.1, 0.15) is 18.4 Å². The number of piperidine rings is 1. The maximum absolute atomic E-state index is 13.4. The van der Waals surface area contributed by atoms with Gasteiger partial charge in [-0.1, -0.05) is 30.3 Å². The van der Waals surface area contributed by atoms with Gasteiger partial charge in [-0.05, 0) is 24.5 Å². The molecule has 2 aromatic carbocycles. The molecule has 1 aliphatic heterocycles. The summed E-state index contributed by atoms with van der Waals surface area (Å²) in [5, 5.41) is 14.2. The van der Waals surface area contributed by atoms with Gasteiger partial charge in [-0.3, -0.25) is 15.0 Å². The van der Waals surface area contributed by atoms with E-state index in [1.54, 1.807) is 0 Å². The third-order valence-electron chi connectivity index (χ3n) is 4.35. The quantitative estimate of drug-likeness (QED) is 0.669. The maximum Gasteiger partial charge on any atom is 0.292 e. The topological polar surface area (TPSA) is 58.4 Å². The molecule has 0 atom stereocenters. The molecular weight excluding hydrogens is 309 g/mol. The zero-order valence-electron chi connectivity index (χ0n) is 13.3. The molecule has 0 saturated carbocycles. The standard InChI is InChI=1S/C18H20FN3O2/c19-15-6-7-18(22(23)24)17(12-15)20-16-8-10-21(11-9-16)13-14-4-2-1-3-5-14/h1-7,12,16,20H,8-11,13H2. The van der Waals surface area contributed by atoms with Gasteiger partial charge in [0, 0.05) is 37.8 Å². The summed E-state index contributed by atoms with van der Waals surface area (Å²) in [5.74, 6) is -0.468. The number of hydrogen-bond donors (Lipinski definition) is 1. The molecule has 1 heterocycles. The van der Waals surface area contributed by atoms with Crippen molar-refractivity contribution >= 4 is 11.4 Å². The second kappa shape index (κ2) is 7.40. The minimum Gasteiger partial charge on any atom is -0.377 e. The minimum absolute atomic E-state index is 0.0804. The predicted octanol–water partition coefficient (Wildman–Crippen LogP) is 3.81. The van der Waals surface area contributed by atoms with E-state index < -0.39 is 10.7 Å². The van der Waals surface area contributed by atoms with Gasteiger partial charge in [0.2, 0.25) is 0 Å². The van der Waals surface area contributed by atoms with Gasteiger partial charge in [-0.25, -0.2) is 4.39 Å². The Hall–Kier alpha value is -2.47. The Balaban J connectivity index is 1.58. The molecule has 1 fully saturated rings. The SMILES string of the molecule is O=[N+]([O-])c1ccc(F)cc1NC1CCN(Cc2ccccc2)CC1. The number of nitrogens with one attached hydrogen (secondary N) is 1. The first-order valence-electron chi connectivity index (χ1n) is 8.08. The van der Waals surface area contributed by atoms with Crippen LogP contribution in [-0.2, 0) is 6.54 Å². The zero-order chi connectivity index (χ0) is 16.9. The number of anilines is 1. The summed E-state index contributed by atoms with van der Waals surface area (Å²) in [6.45, 7) is 2.74. The van der Waals surface area contributed by atoms with Crippen LogP contribution in [0.4, 0.5) is 15.8 Å². The second-order valence-corrected chi connectivity index (χ2v) is 6.10. The number of likely N-dealkylation sites (tertiary alicyclic amines) is 1. The summed E-state index contributed by atoms with van der Waals surface area (Å²) < 4.78 is 13.4. The Labute approximate surface area is 140 Å². The van der Waals surface area contributed by atoms with Crippen LogP contribution in [-0.4, -0.2) is 29.0 Å². The molecule has 0 bridgehead atoms. The van der Waals surface area contributed by atoms with Crippen LogP contribution in [0.25, 0.3) is 0 Å². The van der Waals surface area contributed by atoms with Gasteiger partial charge >= 0.3 is 0 Å². The van der Waals surface area contributed by atoms with Crippen LogP contribution in [0.3, 0.4) is 0 Å². The van der Waals surface area contributed by atoms with Gasteiger partial charge in [0.25, 0.3) is 5.69 Å². The molecule has 0 amide bonds. The van der Waals surface area contributed by atoms with Crippen LogP contribution >= 0.6 is 0 Å². The summed E-state index contributed by atoms with van der Waals surface area (Å²) in [4.78, 5) is 13.0. The summed E-state index contributed by atoms with van der Waals surface area (Å²) in [5.41, 5.74) is 1.47. The predicted molar refractivity (Wildman–Crippen MR) is 91.4 cm³/mol. The summed E-state index contributed by atoms with van der Waals surface area (Å²) in [7, 11) is 0. The van der Waals surface area contributed by atoms with E-state index in [0.717, 1.165) is 38.5 Å². The van der Waals surface area contributed by atoms with E-state index in [0.29, 0.717) is 0 Å². The third kappa shape index (κ3) is 4.08. The van der Waals surface area contributed by atoms with E-state index in [-0.39, 0.29) is 17.4 Å². The first-order valence-corrected chi connectivity index (χ1v) is 8.08. The highest BCUT2D eigenvalue weighted by atomic mass is 19.1. The number of benzene rings is 2. The Morgan fingerprint density at radius 3 is 2.54 bits per heavy atom. The van der Waals surface area contributed by atoms with E-state index in [9.17, 15) is 14.5 Å². The molecular formula is C18H20FN3O2. The van der Waals surface area contributed by atoms with Crippen molar-refractivity contribution in [2.45, 2.75) is 25.4 Å². The van der Waals surface area contributed by atoms with Crippen LogP contribution in [0.5, 0.6) is 0 Å². The molecule has 0 aliphatic carbocycles. The second-order valence-electron chi connectivity index (χ2n) is 6.10. The summed E-state index contributed by atoms with van der Waals surface area (Å²) in [6.07, 6.45) is 1.75. The molecule has 0 unspecified atom stereocenters. The molecule has 24 heavy (non-hydrogen) atoms. The van der Waals surface area contributed by atoms with Gasteiger partial charge in [0.15, 0.2) is 0 Å². The Morgan fingerprint density at radius 2 is 1.88 bits per heavy atom. The van der Waals surface area contributed by atoms with Crippen LogP contribution < -0.4 is 5.32 Å². The molecule has 3 rings (SSSR count). The highest BCUT2D eigenvalue weighted by Gasteiger charge is 2.22. The van der Waals surface area contributed by atoms with E-state index in [1.807, 2.05) is 18.2 Å². The van der Waals surface area contributed by atoms with Gasteiger partial charge in [-0.2, -0.15) is 0 Å². The minimum atomic E-state index is -0.480. The van der Waals surface area contributed by atoms with Crippen molar-refractivity contribution in [1.82, 2.24) is 4.90 Å². The lowest BCUT2D eigenvalue weighted by atomic mass is 10.0. The van der Waals surface area contributed by atoms with E-state index in [1.165, 1.54) is 17.7 Å². The highest BCUT2D eigenvalue weighted by Crippen LogP contribution is 2.27. The molecule has 5 nitrogen and oxygen atoms in total. The normalized spacial score (nSPS) is 16.0. The van der Waals surface area contributed by atoms with Crippen molar-refractivity contribution in [1.29, 1.82) is 0 Å². The Bertz CT molecular complexity index is 701. The number of halogens is 1. The first kappa shape index (κ1) is 16.4. The first-order chi connectivity index (χ1) is 11.6. The fourth-order valence-corrected chi connectivity index (χ4v) is 3.08. The Morgan fingerprint density at radius 1 is 1.17 bits per heavy atom. The molecule has 1 aliphatic rings. The van der Waals surface area contributed by atoms with Gasteiger partial charge in [0.1, 0.15) is 11.5 Å². The summed E-state index contributed by atoms with van der Waals surface area (Å²) in [6, 6.07) is 14.0. The third-order valence-corrected chi connectivity index (χ3v) is 4.35. The van der Waals surface area contributed by atoms with Crippen molar-refractivity contribution in [2.24, 2.45) is 0 Å². The van der Waals surface area contributed by atoms with Crippen LogP contribution in [0.15, 0.2) is 48.5 Å². The number of nitro groups is 1. The molecule has 6 heteroatoms. The monoisotopic (exact) mass is 329 g/mol. The average molecular weight is 329 g/mol. The van der Waals surface area contributed by atoms with Crippen LogP contribution in [0.2, 0.25) is 0 Å². The fourth-order valence-electron chi connectivity index (χ4n) is 3.08. The van der Waals surface area contributed by atoms with Crippen molar-refractivity contribution < 1.29 is 9.31 Å².